The van der Waals surface area contributed by atoms with E-state index in [1.807, 2.05) is 30.3 Å². The third kappa shape index (κ3) is 9.72. The number of likely N-dealkylation sites (tertiary alicyclic amines) is 2. The molecule has 19 nitrogen and oxygen atoms in total. The number of anilines is 1. The lowest BCUT2D eigenvalue weighted by atomic mass is 10.0. The first kappa shape index (κ1) is 39.9. The molecule has 0 aliphatic carbocycles. The van der Waals surface area contributed by atoms with E-state index in [1.54, 1.807) is 28.4 Å². The number of primary amides is 2. The van der Waals surface area contributed by atoms with Gasteiger partial charge in [0.25, 0.3) is 0 Å². The maximum absolute atomic E-state index is 13.4. The molecule has 6 amide bonds. The van der Waals surface area contributed by atoms with Gasteiger partial charge in [-0.25, -0.2) is 24.5 Å². The molecule has 300 valence electrons. The zero-order valence-electron chi connectivity index (χ0n) is 31.5. The van der Waals surface area contributed by atoms with Gasteiger partial charge in [-0.1, -0.05) is 24.3 Å². The van der Waals surface area contributed by atoms with Gasteiger partial charge >= 0.3 is 12.2 Å². The second-order valence-corrected chi connectivity index (χ2v) is 14.0. The van der Waals surface area contributed by atoms with Gasteiger partial charge in [0.15, 0.2) is 0 Å². The molecular weight excluding hydrogens is 738 g/mol. The summed E-state index contributed by atoms with van der Waals surface area (Å²) in [6.07, 6.45) is 4.98. The van der Waals surface area contributed by atoms with E-state index < -0.39 is 47.9 Å². The van der Waals surface area contributed by atoms with E-state index in [0.29, 0.717) is 44.4 Å². The molecule has 4 heterocycles. The number of methoxy groups -OCH3 is 2. The highest BCUT2D eigenvalue weighted by Gasteiger charge is 2.37. The van der Waals surface area contributed by atoms with E-state index in [1.165, 1.54) is 14.2 Å². The van der Waals surface area contributed by atoms with Crippen molar-refractivity contribution >= 4 is 52.5 Å². The molecule has 4 atom stereocenters. The van der Waals surface area contributed by atoms with Gasteiger partial charge in [0, 0.05) is 49.7 Å². The number of alkyl carbamates (subject to hydrolysis) is 2. The van der Waals surface area contributed by atoms with Gasteiger partial charge in [0.1, 0.15) is 17.9 Å². The van der Waals surface area contributed by atoms with Gasteiger partial charge in [-0.2, -0.15) is 0 Å². The zero-order valence-corrected chi connectivity index (χ0v) is 31.5. The Morgan fingerprint density at radius 1 is 0.789 bits per heavy atom. The molecule has 4 aromatic rings. The molecule has 6 rings (SSSR count). The number of nitrogens with zero attached hydrogens (tertiary/aromatic N) is 5. The van der Waals surface area contributed by atoms with Crippen LogP contribution in [0.15, 0.2) is 55.0 Å². The number of carbonyl (C=O) groups is 6. The van der Waals surface area contributed by atoms with Crippen molar-refractivity contribution in [2.45, 2.75) is 50.2 Å². The van der Waals surface area contributed by atoms with Crippen molar-refractivity contribution in [1.29, 1.82) is 0 Å². The van der Waals surface area contributed by atoms with E-state index >= 15 is 0 Å². The summed E-state index contributed by atoms with van der Waals surface area (Å²) < 4.78 is 9.20. The molecule has 57 heavy (non-hydrogen) atoms. The minimum atomic E-state index is -1.15. The number of carbonyl (C=O) groups excluding carboxylic acids is 6. The molecule has 2 saturated heterocycles. The van der Waals surface area contributed by atoms with Crippen LogP contribution in [0.3, 0.4) is 0 Å². The highest BCUT2D eigenvalue weighted by Crippen LogP contribution is 2.33. The van der Waals surface area contributed by atoms with Crippen molar-refractivity contribution < 1.29 is 38.2 Å². The first-order chi connectivity index (χ1) is 27.4. The molecule has 2 aliphatic heterocycles. The largest absolute Gasteiger partial charge is 0.453 e. The van der Waals surface area contributed by atoms with Crippen molar-refractivity contribution in [2.24, 2.45) is 17.4 Å². The SMILES string of the molecule is COC(=O)N[C@@H](CC(N)=O)C(=O)N1CCC[C@H]1c1ncc(-c2ccc3cc(-c4cnc(NC[C@H]5CCN(C(=O)[C@@H](CC(N)=O)NC(=O)OC)C5)nc4)ccc3c2)[nH]1. The van der Waals surface area contributed by atoms with Crippen LogP contribution in [-0.2, 0) is 28.7 Å². The lowest BCUT2D eigenvalue weighted by molar-refractivity contribution is -0.136. The number of hydrogen-bond donors (Lipinski definition) is 6. The summed E-state index contributed by atoms with van der Waals surface area (Å²) >= 11 is 0. The predicted molar refractivity (Wildman–Crippen MR) is 206 cm³/mol. The van der Waals surface area contributed by atoms with Crippen LogP contribution in [0.2, 0.25) is 0 Å². The maximum Gasteiger partial charge on any atom is 0.407 e. The number of ether oxygens (including phenoxy) is 2. The van der Waals surface area contributed by atoms with Gasteiger partial charge in [-0.3, -0.25) is 19.2 Å². The number of aromatic amines is 1. The Hall–Kier alpha value is -6.79. The van der Waals surface area contributed by atoms with E-state index in [-0.39, 0.29) is 24.8 Å². The van der Waals surface area contributed by atoms with Crippen molar-refractivity contribution in [2.75, 3.05) is 45.7 Å². The standard InChI is InChI=1S/C38H45N11O8/c1-56-37(54)46-27(14-31(39)50)34(52)48-11-9-21(20-48)16-42-36-43-17-26(18-44-36)24-6-5-23-13-25(8-7-22(23)12-24)29-19-41-33(45-29)30-4-3-10-49(30)35(53)28(15-32(40)51)47-38(55)57-2/h5-8,12-13,17-19,21,27-28,30H,3-4,9-11,14-16,20H2,1-2H3,(H2,39,50)(H2,40,51)(H,41,45)(H,46,54)(H,47,55)(H,42,43,44)/t21-,27-,28+,30+/m1/s1. The topological polar surface area (TPSA) is 270 Å². The Morgan fingerprint density at radius 3 is 2.04 bits per heavy atom. The van der Waals surface area contributed by atoms with Crippen LogP contribution in [0.1, 0.15) is 44.0 Å². The molecule has 0 radical (unpaired) electrons. The molecule has 0 bridgehead atoms. The van der Waals surface area contributed by atoms with Crippen LogP contribution in [0.5, 0.6) is 0 Å². The van der Waals surface area contributed by atoms with E-state index in [0.717, 1.165) is 46.0 Å². The summed E-state index contributed by atoms with van der Waals surface area (Å²) in [7, 11) is 2.35. The van der Waals surface area contributed by atoms with Crippen LogP contribution >= 0.6 is 0 Å². The second-order valence-electron chi connectivity index (χ2n) is 14.0. The van der Waals surface area contributed by atoms with E-state index in [2.05, 4.69) is 51.4 Å². The number of fused-ring (bicyclic) bond motifs is 1. The third-order valence-electron chi connectivity index (χ3n) is 10.1. The van der Waals surface area contributed by atoms with Gasteiger partial charge in [0.05, 0.1) is 45.0 Å². The number of nitrogens with one attached hydrogen (secondary N) is 4. The Balaban J connectivity index is 1.06. The van der Waals surface area contributed by atoms with E-state index in [9.17, 15) is 28.8 Å². The van der Waals surface area contributed by atoms with Crippen LogP contribution in [-0.4, -0.2) is 118 Å². The fourth-order valence-electron chi connectivity index (χ4n) is 7.19. The fourth-order valence-corrected chi connectivity index (χ4v) is 7.19. The van der Waals surface area contributed by atoms with Crippen molar-refractivity contribution in [3.63, 3.8) is 0 Å². The molecule has 2 aromatic carbocycles. The molecule has 19 heteroatoms. The number of H-pyrrole nitrogens is 1. The summed E-state index contributed by atoms with van der Waals surface area (Å²) in [6.45, 7) is 1.86. The van der Waals surface area contributed by atoms with Crippen LogP contribution in [0, 0.1) is 5.92 Å². The zero-order chi connectivity index (χ0) is 40.6. The van der Waals surface area contributed by atoms with Gasteiger partial charge < -0.3 is 51.7 Å². The Bertz CT molecular complexity index is 2140. The smallest absolute Gasteiger partial charge is 0.407 e. The van der Waals surface area contributed by atoms with Crippen LogP contribution in [0.4, 0.5) is 15.5 Å². The lowest BCUT2D eigenvalue weighted by Crippen LogP contribution is -2.50. The number of hydrogen-bond acceptors (Lipinski definition) is 12. The number of amides is 6. The Morgan fingerprint density at radius 2 is 1.40 bits per heavy atom. The molecule has 2 fully saturated rings. The van der Waals surface area contributed by atoms with Crippen molar-refractivity contribution in [1.82, 2.24) is 40.4 Å². The first-order valence-corrected chi connectivity index (χ1v) is 18.4. The van der Waals surface area contributed by atoms with Crippen LogP contribution in [0.25, 0.3) is 33.2 Å². The molecule has 2 aliphatic rings. The average molecular weight is 784 g/mol. The number of aromatic nitrogens is 4. The maximum atomic E-state index is 13.4. The Kier molecular flexibility index (Phi) is 12.4. The highest BCUT2D eigenvalue weighted by molar-refractivity contribution is 5.92. The van der Waals surface area contributed by atoms with Gasteiger partial charge in [-0.15, -0.1) is 0 Å². The molecule has 2 aromatic heterocycles. The molecule has 8 N–H and O–H groups in total. The summed E-state index contributed by atoms with van der Waals surface area (Å²) in [5, 5.41) is 10.0. The van der Waals surface area contributed by atoms with E-state index in [4.69, 9.17) is 11.5 Å². The molecule has 0 saturated carbocycles. The highest BCUT2D eigenvalue weighted by atomic mass is 16.5. The molecule has 0 unspecified atom stereocenters. The van der Waals surface area contributed by atoms with Gasteiger partial charge in [-0.05, 0) is 53.6 Å². The fraction of sp³-hybridized carbons (Fsp3) is 0.395. The molecule has 0 spiro atoms. The molecular formula is C38H45N11O8. The second kappa shape index (κ2) is 17.8. The predicted octanol–water partition coefficient (Wildman–Crippen LogP) is 1.81. The summed E-state index contributed by atoms with van der Waals surface area (Å²) in [5.74, 6) is -1.11. The summed E-state index contributed by atoms with van der Waals surface area (Å²) in [4.78, 5) is 93.3. The minimum Gasteiger partial charge on any atom is -0.453 e. The number of imidazole rings is 1. The number of benzene rings is 2. The van der Waals surface area contributed by atoms with Crippen LogP contribution < -0.4 is 27.4 Å². The van der Waals surface area contributed by atoms with Crippen molar-refractivity contribution in [3.8, 4) is 22.4 Å². The van der Waals surface area contributed by atoms with Crippen molar-refractivity contribution in [3.05, 3.63) is 60.8 Å². The normalized spacial score (nSPS) is 17.4. The monoisotopic (exact) mass is 783 g/mol. The van der Waals surface area contributed by atoms with Gasteiger partial charge in [0.2, 0.25) is 29.6 Å². The third-order valence-corrected chi connectivity index (χ3v) is 10.1. The minimum absolute atomic E-state index is 0.106. The summed E-state index contributed by atoms with van der Waals surface area (Å²) in [5.41, 5.74) is 14.1. The average Bonchev–Trinajstić information content (AvgIpc) is 4.00. The Labute approximate surface area is 327 Å². The summed E-state index contributed by atoms with van der Waals surface area (Å²) in [6, 6.07) is 9.50. The first-order valence-electron chi connectivity index (χ1n) is 18.4. The lowest BCUT2D eigenvalue weighted by Gasteiger charge is -2.27. The number of rotatable bonds is 14. The number of nitrogens with two attached hydrogens (primary N) is 2. The quantitative estimate of drug-likeness (QED) is 0.107.